The third kappa shape index (κ3) is 1.93. The molecule has 1 aromatic rings. The Balaban J connectivity index is 1.70. The van der Waals surface area contributed by atoms with Crippen LogP contribution in [0, 0.1) is 6.92 Å². The molecule has 18 heavy (non-hydrogen) atoms. The van der Waals surface area contributed by atoms with Crippen molar-refractivity contribution in [2.24, 2.45) is 0 Å². The lowest BCUT2D eigenvalue weighted by Crippen LogP contribution is -2.41. The van der Waals surface area contributed by atoms with Crippen LogP contribution in [0.4, 0.5) is 0 Å². The molecule has 5 heteroatoms. The molecule has 2 atom stereocenters. The van der Waals surface area contributed by atoms with E-state index in [0.717, 1.165) is 11.4 Å². The molecule has 1 saturated heterocycles. The summed E-state index contributed by atoms with van der Waals surface area (Å²) in [7, 11) is -0.0676. The lowest BCUT2D eigenvalue weighted by atomic mass is 9.80. The summed E-state index contributed by atoms with van der Waals surface area (Å²) in [6, 6.07) is 0. The van der Waals surface area contributed by atoms with Crippen molar-refractivity contribution in [2.45, 2.75) is 64.0 Å². The normalized spacial score (nSPS) is 32.8. The maximum atomic E-state index is 6.10. The number of rotatable bonds is 2. The van der Waals surface area contributed by atoms with E-state index < -0.39 is 0 Å². The SMILES string of the molecule is Cc1nc([C@H]2C[C@@H]2B2OC(C)(C)C(C)(C)O2)cs1. The fourth-order valence-electron chi connectivity index (χ4n) is 2.47. The van der Waals surface area contributed by atoms with Crippen LogP contribution < -0.4 is 0 Å². The molecular formula is C13H20BNO2S. The molecular weight excluding hydrogens is 245 g/mol. The largest absolute Gasteiger partial charge is 0.461 e. The Bertz CT molecular complexity index is 455. The lowest BCUT2D eigenvalue weighted by molar-refractivity contribution is 0.00578. The summed E-state index contributed by atoms with van der Waals surface area (Å²) in [4.78, 5) is 4.57. The van der Waals surface area contributed by atoms with Crippen molar-refractivity contribution in [1.29, 1.82) is 0 Å². The van der Waals surface area contributed by atoms with Crippen molar-refractivity contribution < 1.29 is 9.31 Å². The molecule has 0 bridgehead atoms. The number of aryl methyl sites for hydroxylation is 1. The minimum absolute atomic E-state index is 0.0676. The molecule has 0 N–H and O–H groups in total. The van der Waals surface area contributed by atoms with Crippen molar-refractivity contribution >= 4 is 18.5 Å². The molecule has 3 nitrogen and oxygen atoms in total. The van der Waals surface area contributed by atoms with Crippen LogP contribution in [-0.2, 0) is 9.31 Å². The zero-order valence-corrected chi connectivity index (χ0v) is 12.5. The second kappa shape index (κ2) is 3.81. The van der Waals surface area contributed by atoms with Gasteiger partial charge in [-0.25, -0.2) is 4.98 Å². The van der Waals surface area contributed by atoms with E-state index in [2.05, 4.69) is 45.0 Å². The Labute approximate surface area is 113 Å². The Morgan fingerprint density at radius 1 is 1.28 bits per heavy atom. The van der Waals surface area contributed by atoms with Gasteiger partial charge < -0.3 is 9.31 Å². The van der Waals surface area contributed by atoms with Gasteiger partial charge in [-0.3, -0.25) is 0 Å². The van der Waals surface area contributed by atoms with Crippen molar-refractivity contribution in [3.63, 3.8) is 0 Å². The standard InChI is InChI=1S/C13H20BNO2S/c1-8-15-11(7-18-8)9-6-10(9)14-16-12(2,3)13(4,5)17-14/h7,9-10H,6H2,1-5H3/t9-,10-/m0/s1. The smallest absolute Gasteiger partial charge is 0.403 e. The molecule has 1 aliphatic carbocycles. The van der Waals surface area contributed by atoms with Crippen molar-refractivity contribution in [1.82, 2.24) is 4.98 Å². The summed E-state index contributed by atoms with van der Waals surface area (Å²) >= 11 is 1.72. The van der Waals surface area contributed by atoms with Crippen molar-refractivity contribution in [2.75, 3.05) is 0 Å². The maximum absolute atomic E-state index is 6.10. The van der Waals surface area contributed by atoms with E-state index in [1.807, 2.05) is 0 Å². The minimum Gasteiger partial charge on any atom is -0.403 e. The predicted molar refractivity (Wildman–Crippen MR) is 74.0 cm³/mol. The molecule has 0 spiro atoms. The molecule has 0 aromatic carbocycles. The van der Waals surface area contributed by atoms with Gasteiger partial charge in [0.2, 0.25) is 0 Å². The van der Waals surface area contributed by atoms with Crippen molar-refractivity contribution in [3.05, 3.63) is 16.1 Å². The topological polar surface area (TPSA) is 31.4 Å². The molecule has 0 amide bonds. The van der Waals surface area contributed by atoms with E-state index in [-0.39, 0.29) is 18.3 Å². The Hall–Kier alpha value is -0.385. The van der Waals surface area contributed by atoms with E-state index >= 15 is 0 Å². The summed E-state index contributed by atoms with van der Waals surface area (Å²) in [5.74, 6) is 1.01. The first-order chi connectivity index (χ1) is 8.30. The monoisotopic (exact) mass is 265 g/mol. The van der Waals surface area contributed by atoms with E-state index in [1.165, 1.54) is 5.69 Å². The first-order valence-corrected chi connectivity index (χ1v) is 7.46. The molecule has 1 aromatic heterocycles. The van der Waals surface area contributed by atoms with Crippen LogP contribution in [0.1, 0.15) is 50.7 Å². The van der Waals surface area contributed by atoms with E-state index in [1.54, 1.807) is 11.3 Å². The second-order valence-electron chi connectivity index (χ2n) is 6.42. The van der Waals surface area contributed by atoms with Crippen LogP contribution in [0.25, 0.3) is 0 Å². The van der Waals surface area contributed by atoms with Gasteiger partial charge in [0.25, 0.3) is 0 Å². The molecule has 0 unspecified atom stereocenters. The molecule has 2 heterocycles. The predicted octanol–water partition coefficient (Wildman–Crippen LogP) is 3.40. The first kappa shape index (κ1) is 12.6. The molecule has 2 aliphatic rings. The number of nitrogens with zero attached hydrogens (tertiary/aromatic N) is 1. The average molecular weight is 265 g/mol. The molecule has 1 aliphatic heterocycles. The number of hydrogen-bond donors (Lipinski definition) is 0. The molecule has 0 radical (unpaired) electrons. The van der Waals surface area contributed by atoms with Crippen LogP contribution in [-0.4, -0.2) is 23.3 Å². The van der Waals surface area contributed by atoms with Gasteiger partial charge in [-0.1, -0.05) is 0 Å². The highest BCUT2D eigenvalue weighted by molar-refractivity contribution is 7.09. The number of hydrogen-bond acceptors (Lipinski definition) is 4. The molecule has 98 valence electrons. The zero-order valence-electron chi connectivity index (χ0n) is 11.7. The van der Waals surface area contributed by atoms with Crippen molar-refractivity contribution in [3.8, 4) is 0 Å². The summed E-state index contributed by atoms with van der Waals surface area (Å²) < 4.78 is 12.2. The van der Waals surface area contributed by atoms with Gasteiger partial charge in [0.1, 0.15) is 0 Å². The fourth-order valence-corrected chi connectivity index (χ4v) is 3.15. The van der Waals surface area contributed by atoms with Crippen LogP contribution in [0.5, 0.6) is 0 Å². The zero-order chi connectivity index (χ0) is 13.1. The van der Waals surface area contributed by atoms with Gasteiger partial charge in [0, 0.05) is 17.1 Å². The Morgan fingerprint density at radius 2 is 1.89 bits per heavy atom. The Kier molecular flexibility index (Phi) is 2.67. The highest BCUT2D eigenvalue weighted by atomic mass is 32.1. The van der Waals surface area contributed by atoms with Gasteiger partial charge in [0.15, 0.2) is 0 Å². The molecule has 2 fully saturated rings. The summed E-state index contributed by atoms with van der Waals surface area (Å²) in [5, 5.41) is 3.31. The van der Waals surface area contributed by atoms with Gasteiger partial charge in [-0.15, -0.1) is 11.3 Å². The van der Waals surface area contributed by atoms with Crippen LogP contribution in [0.3, 0.4) is 0 Å². The van der Waals surface area contributed by atoms with Crippen LogP contribution in [0.15, 0.2) is 5.38 Å². The summed E-state index contributed by atoms with van der Waals surface area (Å²) in [6.45, 7) is 10.5. The number of aromatic nitrogens is 1. The molecule has 3 rings (SSSR count). The third-order valence-corrected chi connectivity index (χ3v) is 5.27. The van der Waals surface area contributed by atoms with Gasteiger partial charge in [-0.05, 0) is 41.0 Å². The first-order valence-electron chi connectivity index (χ1n) is 6.58. The van der Waals surface area contributed by atoms with Crippen LogP contribution in [0.2, 0.25) is 5.82 Å². The van der Waals surface area contributed by atoms with Crippen LogP contribution >= 0.6 is 11.3 Å². The summed E-state index contributed by atoms with van der Waals surface area (Å²) in [6.07, 6.45) is 1.14. The molecule has 1 saturated carbocycles. The van der Waals surface area contributed by atoms with E-state index in [0.29, 0.717) is 11.7 Å². The van der Waals surface area contributed by atoms with Gasteiger partial charge >= 0.3 is 7.12 Å². The highest BCUT2D eigenvalue weighted by Gasteiger charge is 2.60. The van der Waals surface area contributed by atoms with E-state index in [9.17, 15) is 0 Å². The van der Waals surface area contributed by atoms with Gasteiger partial charge in [0.05, 0.1) is 21.9 Å². The summed E-state index contributed by atoms with van der Waals surface area (Å²) in [5.41, 5.74) is 0.781. The quantitative estimate of drug-likeness (QED) is 0.768. The highest BCUT2D eigenvalue weighted by Crippen LogP contribution is 2.58. The second-order valence-corrected chi connectivity index (χ2v) is 7.48. The fraction of sp³-hybridized carbons (Fsp3) is 0.769. The number of thiazole rings is 1. The van der Waals surface area contributed by atoms with E-state index in [4.69, 9.17) is 9.31 Å². The third-order valence-electron chi connectivity index (χ3n) is 4.48. The lowest BCUT2D eigenvalue weighted by Gasteiger charge is -2.32. The average Bonchev–Trinajstić information content (AvgIpc) is 2.87. The Morgan fingerprint density at radius 3 is 2.39 bits per heavy atom. The minimum atomic E-state index is -0.219. The van der Waals surface area contributed by atoms with Gasteiger partial charge in [-0.2, -0.15) is 0 Å². The maximum Gasteiger partial charge on any atom is 0.461 e.